The Kier molecular flexibility index (Phi) is 9.57. The molecule has 1 rings (SSSR count). The summed E-state index contributed by atoms with van der Waals surface area (Å²) >= 11 is 5.71. The van der Waals surface area contributed by atoms with E-state index >= 15 is 0 Å². The summed E-state index contributed by atoms with van der Waals surface area (Å²) in [6.45, 7) is 2.02. The Morgan fingerprint density at radius 3 is 2.15 bits per heavy atom. The van der Waals surface area contributed by atoms with E-state index in [1.807, 2.05) is 0 Å². The van der Waals surface area contributed by atoms with Gasteiger partial charge >= 0.3 is 0 Å². The lowest BCUT2D eigenvalue weighted by Gasteiger charge is -2.07. The molecular formula is C13H23ClN10O3. The van der Waals surface area contributed by atoms with Crippen molar-refractivity contribution in [1.29, 1.82) is 0 Å². The topological polar surface area (TPSA) is 228 Å². The van der Waals surface area contributed by atoms with Crippen LogP contribution in [0, 0.1) is 0 Å². The fourth-order valence-electron chi connectivity index (χ4n) is 1.62. The molecule has 1 aromatic rings. The molecule has 1 heterocycles. The molecular weight excluding hydrogens is 380 g/mol. The van der Waals surface area contributed by atoms with Crippen LogP contribution in [0.15, 0.2) is 9.98 Å². The van der Waals surface area contributed by atoms with Gasteiger partial charge in [0.15, 0.2) is 34.4 Å². The van der Waals surface area contributed by atoms with Gasteiger partial charge in [-0.1, -0.05) is 11.6 Å². The molecule has 0 aliphatic heterocycles. The van der Waals surface area contributed by atoms with Gasteiger partial charge in [-0.05, 0) is 0 Å². The third kappa shape index (κ3) is 8.84. The second-order valence-electron chi connectivity index (χ2n) is 4.89. The van der Waals surface area contributed by atoms with Crippen molar-refractivity contribution in [3.05, 3.63) is 10.8 Å². The number of guanidine groups is 2. The third-order valence-corrected chi connectivity index (χ3v) is 3.06. The summed E-state index contributed by atoms with van der Waals surface area (Å²) in [6, 6.07) is 0. The van der Waals surface area contributed by atoms with E-state index in [4.69, 9.17) is 49.7 Å². The van der Waals surface area contributed by atoms with Crippen molar-refractivity contribution in [2.24, 2.45) is 27.2 Å². The average Bonchev–Trinajstić information content (AvgIpc) is 2.59. The van der Waals surface area contributed by atoms with Crippen LogP contribution < -0.4 is 34.0 Å². The first-order valence-corrected chi connectivity index (χ1v) is 8.09. The van der Waals surface area contributed by atoms with Crippen LogP contribution >= 0.6 is 11.6 Å². The number of nitrogens with one attached hydrogen (secondary N) is 1. The highest BCUT2D eigenvalue weighted by Gasteiger charge is 2.16. The smallest absolute Gasteiger partial charge is 0.280 e. The first-order valence-electron chi connectivity index (χ1n) is 7.72. The molecule has 14 heteroatoms. The molecule has 1 amide bonds. The van der Waals surface area contributed by atoms with Gasteiger partial charge in [-0.3, -0.25) is 20.1 Å². The standard InChI is InChI=1S/C13H23ClN10O3/c14-8-10(16)23-9(15)7(22-8)11(25)24-13(19)21-2-4-27-6-5-26-3-1-20-12(17)18/h1-6H2,(H4,15,16,23)(H4,17,18,20)(H3,19,21,24,25). The minimum absolute atomic E-state index is 0.0200. The van der Waals surface area contributed by atoms with Gasteiger partial charge in [0.1, 0.15) is 0 Å². The number of amides is 1. The Labute approximate surface area is 160 Å². The minimum Gasteiger partial charge on any atom is -0.382 e. The molecule has 0 aliphatic carbocycles. The molecule has 1 aromatic heterocycles. The van der Waals surface area contributed by atoms with Crippen molar-refractivity contribution in [1.82, 2.24) is 15.3 Å². The van der Waals surface area contributed by atoms with Gasteiger partial charge in [-0.25, -0.2) is 9.97 Å². The Hall–Kier alpha value is -2.90. The second-order valence-corrected chi connectivity index (χ2v) is 5.24. The van der Waals surface area contributed by atoms with Crippen LogP contribution in [0.5, 0.6) is 0 Å². The largest absolute Gasteiger partial charge is 0.382 e. The van der Waals surface area contributed by atoms with Gasteiger partial charge in [0.05, 0.1) is 39.5 Å². The molecule has 0 unspecified atom stereocenters. The predicted molar refractivity (Wildman–Crippen MR) is 102 cm³/mol. The van der Waals surface area contributed by atoms with Crippen LogP contribution in [0.3, 0.4) is 0 Å². The summed E-state index contributed by atoms with van der Waals surface area (Å²) in [5.41, 5.74) is 26.8. The third-order valence-electron chi connectivity index (χ3n) is 2.78. The molecule has 150 valence electrons. The number of carbonyl (C=O) groups excluding carboxylic acids is 1. The van der Waals surface area contributed by atoms with Gasteiger partial charge in [0.2, 0.25) is 0 Å². The van der Waals surface area contributed by atoms with E-state index in [2.05, 4.69) is 25.3 Å². The lowest BCUT2D eigenvalue weighted by Crippen LogP contribution is -2.38. The zero-order chi connectivity index (χ0) is 20.2. The van der Waals surface area contributed by atoms with Crippen LogP contribution in [0.1, 0.15) is 10.5 Å². The Morgan fingerprint density at radius 1 is 0.963 bits per heavy atom. The van der Waals surface area contributed by atoms with Crippen molar-refractivity contribution in [2.45, 2.75) is 0 Å². The summed E-state index contributed by atoms with van der Waals surface area (Å²) in [5, 5.41) is 2.17. The highest BCUT2D eigenvalue weighted by molar-refractivity contribution is 6.31. The fourth-order valence-corrected chi connectivity index (χ4v) is 1.74. The van der Waals surface area contributed by atoms with Crippen molar-refractivity contribution < 1.29 is 14.3 Å². The van der Waals surface area contributed by atoms with Gasteiger partial charge < -0.3 is 38.1 Å². The maximum atomic E-state index is 12.0. The van der Waals surface area contributed by atoms with Crippen LogP contribution in [0.2, 0.25) is 5.15 Å². The molecule has 0 aromatic carbocycles. The molecule has 0 saturated heterocycles. The minimum atomic E-state index is -0.710. The number of hydrogen-bond donors (Lipinski definition) is 6. The molecule has 13 nitrogen and oxygen atoms in total. The lowest BCUT2D eigenvalue weighted by molar-refractivity contribution is 0.0540. The summed E-state index contributed by atoms with van der Waals surface area (Å²) < 4.78 is 10.5. The number of hydrogen-bond acceptors (Lipinski definition) is 9. The Bertz CT molecular complexity index is 693. The molecule has 0 atom stereocenters. The van der Waals surface area contributed by atoms with E-state index in [0.29, 0.717) is 26.4 Å². The van der Waals surface area contributed by atoms with E-state index in [1.54, 1.807) is 0 Å². The average molecular weight is 403 g/mol. The number of carbonyl (C=O) groups is 1. The quantitative estimate of drug-likeness (QED) is 0.138. The molecule has 0 aliphatic rings. The second kappa shape index (κ2) is 11.7. The van der Waals surface area contributed by atoms with E-state index < -0.39 is 5.91 Å². The van der Waals surface area contributed by atoms with Crippen LogP contribution in [0.25, 0.3) is 0 Å². The molecule has 11 N–H and O–H groups in total. The Morgan fingerprint density at radius 2 is 1.56 bits per heavy atom. The molecule has 0 saturated carbocycles. The van der Waals surface area contributed by atoms with Crippen molar-refractivity contribution >= 4 is 41.1 Å². The monoisotopic (exact) mass is 402 g/mol. The van der Waals surface area contributed by atoms with Gasteiger partial charge in [-0.2, -0.15) is 0 Å². The highest BCUT2D eigenvalue weighted by atomic mass is 35.5. The maximum Gasteiger partial charge on any atom is 0.280 e. The summed E-state index contributed by atoms with van der Waals surface area (Å²) in [5.74, 6) is -1.08. The highest BCUT2D eigenvalue weighted by Crippen LogP contribution is 2.16. The molecule has 0 bridgehead atoms. The van der Waals surface area contributed by atoms with E-state index in [1.165, 1.54) is 0 Å². The van der Waals surface area contributed by atoms with E-state index in [9.17, 15) is 4.79 Å². The number of nitrogen functional groups attached to an aromatic ring is 2. The number of ether oxygens (including phenoxy) is 2. The SMILES string of the molecule is NC(N)=NCCOCCOCCN=C(N)NC(=O)c1nc(Cl)c(N)nc1N. The molecule has 0 radical (unpaired) electrons. The summed E-state index contributed by atoms with van der Waals surface area (Å²) in [7, 11) is 0. The summed E-state index contributed by atoms with van der Waals surface area (Å²) in [6.07, 6.45) is 0. The van der Waals surface area contributed by atoms with E-state index in [0.717, 1.165) is 0 Å². The number of aliphatic imine (C=N–C) groups is 2. The summed E-state index contributed by atoms with van der Waals surface area (Å²) in [4.78, 5) is 27.2. The van der Waals surface area contributed by atoms with Crippen molar-refractivity contribution in [2.75, 3.05) is 51.0 Å². The normalized spacial score (nSPS) is 11.2. The fraction of sp³-hybridized carbons (Fsp3) is 0.462. The van der Waals surface area contributed by atoms with Crippen LogP contribution in [-0.2, 0) is 9.47 Å². The lowest BCUT2D eigenvalue weighted by atomic mass is 10.4. The molecule has 27 heavy (non-hydrogen) atoms. The van der Waals surface area contributed by atoms with Gasteiger partial charge in [0.25, 0.3) is 5.91 Å². The van der Waals surface area contributed by atoms with Gasteiger partial charge in [0, 0.05) is 0 Å². The number of anilines is 2. The maximum absolute atomic E-state index is 12.0. The number of nitrogens with two attached hydrogens (primary N) is 5. The zero-order valence-corrected chi connectivity index (χ0v) is 15.3. The number of nitrogens with zero attached hydrogens (tertiary/aromatic N) is 4. The first kappa shape index (κ1) is 22.1. The molecule has 0 fully saturated rings. The zero-order valence-electron chi connectivity index (χ0n) is 14.5. The van der Waals surface area contributed by atoms with Crippen molar-refractivity contribution in [3.63, 3.8) is 0 Å². The predicted octanol–water partition coefficient (Wildman–Crippen LogP) is -2.35. The number of halogens is 1. The molecule has 0 spiro atoms. The Balaban J connectivity index is 2.25. The number of rotatable bonds is 10. The van der Waals surface area contributed by atoms with Crippen LogP contribution in [0.4, 0.5) is 11.6 Å². The van der Waals surface area contributed by atoms with Crippen LogP contribution in [-0.4, -0.2) is 67.3 Å². The van der Waals surface area contributed by atoms with Crippen molar-refractivity contribution in [3.8, 4) is 0 Å². The first-order chi connectivity index (χ1) is 12.8. The van der Waals surface area contributed by atoms with E-state index in [-0.39, 0.29) is 47.6 Å². The van der Waals surface area contributed by atoms with Gasteiger partial charge in [-0.15, -0.1) is 0 Å². The number of aromatic nitrogens is 2.